The third-order valence-electron chi connectivity index (χ3n) is 2.63. The van der Waals surface area contributed by atoms with Crippen molar-refractivity contribution in [2.45, 2.75) is 44.8 Å². The van der Waals surface area contributed by atoms with E-state index in [0.717, 1.165) is 6.42 Å². The van der Waals surface area contributed by atoms with Crippen molar-refractivity contribution in [1.29, 1.82) is 0 Å². The van der Waals surface area contributed by atoms with Crippen LogP contribution in [0, 0.1) is 0 Å². The van der Waals surface area contributed by atoms with E-state index in [-0.39, 0.29) is 18.2 Å². The number of aliphatic hydroxyl groups excluding tert-OH is 1. The zero-order chi connectivity index (χ0) is 10.7. The maximum Gasteiger partial charge on any atom is 0.182 e. The van der Waals surface area contributed by atoms with Crippen molar-refractivity contribution in [3.8, 4) is 0 Å². The Labute approximate surface area is 85.8 Å². The van der Waals surface area contributed by atoms with E-state index in [2.05, 4.69) is 4.90 Å². The predicted molar refractivity (Wildman–Crippen MR) is 54.1 cm³/mol. The summed E-state index contributed by atoms with van der Waals surface area (Å²) in [6.45, 7) is 4.50. The highest BCUT2D eigenvalue weighted by atomic mass is 16.6. The van der Waals surface area contributed by atoms with Gasteiger partial charge in [-0.25, -0.2) is 0 Å². The van der Waals surface area contributed by atoms with E-state index in [1.807, 2.05) is 27.9 Å². The van der Waals surface area contributed by atoms with Crippen LogP contribution < -0.4 is 0 Å². The largest absolute Gasteiger partial charge is 0.372 e. The Bertz CT molecular complexity index is 175. The van der Waals surface area contributed by atoms with Crippen molar-refractivity contribution in [3.05, 3.63) is 0 Å². The molecule has 1 rings (SSSR count). The number of hydrogen-bond donors (Lipinski definition) is 1. The molecule has 1 N–H and O–H groups in total. The van der Waals surface area contributed by atoms with Crippen molar-refractivity contribution in [2.24, 2.45) is 0 Å². The molecule has 0 aromatic carbocycles. The fraction of sp³-hybridized carbons (Fsp3) is 1.00. The fourth-order valence-electron chi connectivity index (χ4n) is 1.93. The highest BCUT2D eigenvalue weighted by Gasteiger charge is 2.37. The van der Waals surface area contributed by atoms with Gasteiger partial charge in [0.05, 0.1) is 6.10 Å². The Kier molecular flexibility index (Phi) is 4.31. The molecule has 1 aliphatic heterocycles. The molecule has 1 aliphatic rings. The van der Waals surface area contributed by atoms with Gasteiger partial charge >= 0.3 is 0 Å². The zero-order valence-electron chi connectivity index (χ0n) is 9.43. The molecule has 0 spiro atoms. The molecular formula is C10H21NO3. The molecular weight excluding hydrogens is 182 g/mol. The number of likely N-dealkylation sites (N-methyl/N-ethyl adjacent to an activating group) is 1. The summed E-state index contributed by atoms with van der Waals surface area (Å²) >= 11 is 0. The summed E-state index contributed by atoms with van der Waals surface area (Å²) in [5.74, 6) is 0. The zero-order valence-corrected chi connectivity index (χ0v) is 9.43. The van der Waals surface area contributed by atoms with Crippen molar-refractivity contribution >= 4 is 0 Å². The lowest BCUT2D eigenvalue weighted by atomic mass is 9.99. The van der Waals surface area contributed by atoms with E-state index >= 15 is 0 Å². The number of hydrogen-bond acceptors (Lipinski definition) is 4. The first-order valence-electron chi connectivity index (χ1n) is 5.17. The lowest BCUT2D eigenvalue weighted by Crippen LogP contribution is -2.54. The summed E-state index contributed by atoms with van der Waals surface area (Å²) in [5.41, 5.74) is 0. The van der Waals surface area contributed by atoms with Crippen molar-refractivity contribution in [3.63, 3.8) is 0 Å². The van der Waals surface area contributed by atoms with Crippen LogP contribution in [0.3, 0.4) is 0 Å². The van der Waals surface area contributed by atoms with E-state index in [1.165, 1.54) is 0 Å². The number of rotatable bonds is 3. The average molecular weight is 203 g/mol. The average Bonchev–Trinajstić information content (AvgIpc) is 2.09. The molecule has 4 nitrogen and oxygen atoms in total. The van der Waals surface area contributed by atoms with Gasteiger partial charge in [-0.3, -0.25) is 0 Å². The summed E-state index contributed by atoms with van der Waals surface area (Å²) < 4.78 is 10.8. The first-order valence-corrected chi connectivity index (χ1v) is 5.17. The molecule has 0 aliphatic carbocycles. The summed E-state index contributed by atoms with van der Waals surface area (Å²) in [6.07, 6.45) is -0.0410. The molecule has 0 saturated carbocycles. The Morgan fingerprint density at radius 1 is 1.50 bits per heavy atom. The molecule has 0 amide bonds. The smallest absolute Gasteiger partial charge is 0.182 e. The Morgan fingerprint density at radius 3 is 2.64 bits per heavy atom. The third kappa shape index (κ3) is 2.67. The minimum absolute atomic E-state index is 0.0918. The van der Waals surface area contributed by atoms with Crippen LogP contribution in [0.25, 0.3) is 0 Å². The van der Waals surface area contributed by atoms with E-state index in [1.54, 1.807) is 0 Å². The van der Waals surface area contributed by atoms with Crippen LogP contribution >= 0.6 is 0 Å². The van der Waals surface area contributed by atoms with Gasteiger partial charge in [0.2, 0.25) is 0 Å². The van der Waals surface area contributed by atoms with Crippen LogP contribution in [0.1, 0.15) is 20.3 Å². The quantitative estimate of drug-likeness (QED) is 0.723. The molecule has 0 radical (unpaired) electrons. The van der Waals surface area contributed by atoms with Crippen LogP contribution in [0.4, 0.5) is 0 Å². The Morgan fingerprint density at radius 2 is 2.14 bits per heavy atom. The summed E-state index contributed by atoms with van der Waals surface area (Å²) in [6, 6.07) is 0.230. The molecule has 0 aromatic heterocycles. The van der Waals surface area contributed by atoms with Gasteiger partial charge in [-0.2, -0.15) is 0 Å². The molecule has 4 heteroatoms. The Balaban J connectivity index is 2.65. The van der Waals surface area contributed by atoms with Gasteiger partial charge in [-0.05, 0) is 34.4 Å². The molecule has 1 fully saturated rings. The maximum absolute atomic E-state index is 9.72. The SMILES string of the molecule is CCO[C@H]1C(O)OC(C)CC1N(C)C. The molecule has 14 heavy (non-hydrogen) atoms. The normalized spacial score (nSPS) is 39.0. The van der Waals surface area contributed by atoms with Gasteiger partial charge in [0, 0.05) is 12.6 Å². The highest BCUT2D eigenvalue weighted by molar-refractivity contribution is 4.85. The fourth-order valence-corrected chi connectivity index (χ4v) is 1.93. The molecule has 1 heterocycles. The summed E-state index contributed by atoms with van der Waals surface area (Å²) in [5, 5.41) is 9.72. The van der Waals surface area contributed by atoms with E-state index in [9.17, 15) is 5.11 Å². The van der Waals surface area contributed by atoms with E-state index in [4.69, 9.17) is 9.47 Å². The number of ether oxygens (including phenoxy) is 2. The topological polar surface area (TPSA) is 41.9 Å². The summed E-state index contributed by atoms with van der Waals surface area (Å²) in [4.78, 5) is 2.09. The maximum atomic E-state index is 9.72. The standard InChI is InChI=1S/C10H21NO3/c1-5-13-9-8(11(3)4)6-7(2)14-10(9)12/h7-10,12H,5-6H2,1-4H3/t7?,8?,9-,10?/m1/s1. The van der Waals surface area contributed by atoms with E-state index < -0.39 is 6.29 Å². The van der Waals surface area contributed by atoms with Gasteiger partial charge in [0.1, 0.15) is 6.10 Å². The molecule has 1 saturated heterocycles. The molecule has 0 aromatic rings. The van der Waals surface area contributed by atoms with Crippen LogP contribution in [-0.4, -0.2) is 55.2 Å². The van der Waals surface area contributed by atoms with Crippen LogP contribution in [0.2, 0.25) is 0 Å². The number of nitrogens with zero attached hydrogens (tertiary/aromatic N) is 1. The summed E-state index contributed by atoms with van der Waals surface area (Å²) in [7, 11) is 4.00. The molecule has 4 atom stereocenters. The molecule has 84 valence electrons. The third-order valence-corrected chi connectivity index (χ3v) is 2.63. The number of aliphatic hydroxyl groups is 1. The second-order valence-corrected chi connectivity index (χ2v) is 4.02. The van der Waals surface area contributed by atoms with Gasteiger partial charge in [-0.15, -0.1) is 0 Å². The van der Waals surface area contributed by atoms with Crippen molar-refractivity contribution in [2.75, 3.05) is 20.7 Å². The van der Waals surface area contributed by atoms with Crippen molar-refractivity contribution < 1.29 is 14.6 Å². The van der Waals surface area contributed by atoms with E-state index in [0.29, 0.717) is 6.61 Å². The Hall–Kier alpha value is -0.160. The minimum Gasteiger partial charge on any atom is -0.372 e. The minimum atomic E-state index is -0.800. The van der Waals surface area contributed by atoms with Crippen molar-refractivity contribution in [1.82, 2.24) is 4.90 Å². The second-order valence-electron chi connectivity index (χ2n) is 4.02. The lowest BCUT2D eigenvalue weighted by molar-refractivity contribution is -0.242. The first-order chi connectivity index (χ1) is 6.56. The van der Waals surface area contributed by atoms with Gasteiger partial charge in [0.25, 0.3) is 0 Å². The van der Waals surface area contributed by atoms with Gasteiger partial charge in [0.15, 0.2) is 6.29 Å². The van der Waals surface area contributed by atoms with Crippen LogP contribution in [-0.2, 0) is 9.47 Å². The molecule has 3 unspecified atom stereocenters. The first kappa shape index (κ1) is 11.9. The monoisotopic (exact) mass is 203 g/mol. The van der Waals surface area contributed by atoms with Crippen LogP contribution in [0.15, 0.2) is 0 Å². The highest BCUT2D eigenvalue weighted by Crippen LogP contribution is 2.23. The predicted octanol–water partition coefficient (Wildman–Crippen LogP) is 0.449. The molecule has 0 bridgehead atoms. The van der Waals surface area contributed by atoms with Gasteiger partial charge in [-0.1, -0.05) is 0 Å². The second kappa shape index (κ2) is 5.07. The van der Waals surface area contributed by atoms with Crippen LogP contribution in [0.5, 0.6) is 0 Å². The lowest BCUT2D eigenvalue weighted by Gasteiger charge is -2.41. The van der Waals surface area contributed by atoms with Gasteiger partial charge < -0.3 is 19.5 Å².